The third kappa shape index (κ3) is 6.83. The molecule has 1 aliphatic carbocycles. The summed E-state index contributed by atoms with van der Waals surface area (Å²) in [6.45, 7) is 6.21. The Morgan fingerprint density at radius 2 is 1.87 bits per heavy atom. The number of rotatable bonds is 11. The van der Waals surface area contributed by atoms with Gasteiger partial charge < -0.3 is 10.1 Å². The zero-order chi connectivity index (χ0) is 27.1. The molecule has 6 nitrogen and oxygen atoms in total. The molecule has 0 saturated carbocycles. The van der Waals surface area contributed by atoms with Crippen molar-refractivity contribution in [2.45, 2.75) is 65.0 Å². The lowest BCUT2D eigenvalue weighted by molar-refractivity contribution is 0.147. The molecule has 0 unspecified atom stereocenters. The number of halogens is 3. The van der Waals surface area contributed by atoms with Crippen LogP contribution in [0.25, 0.3) is 24.1 Å². The van der Waals surface area contributed by atoms with Gasteiger partial charge in [-0.25, -0.2) is 9.37 Å². The number of anilines is 1. The van der Waals surface area contributed by atoms with E-state index in [0.29, 0.717) is 45.1 Å². The Balaban J connectivity index is 1.54. The maximum atomic E-state index is 15.3. The highest BCUT2D eigenvalue weighted by Crippen LogP contribution is 2.32. The molecule has 3 heterocycles. The fraction of sp³-hybridized carbons (Fsp3) is 0.345. The maximum Gasteiger partial charge on any atom is 0.134 e. The molecule has 3 aromatic heterocycles. The molecular weight excluding hydrogens is 524 g/mol. The molecule has 0 radical (unpaired) electrons. The topological polar surface area (TPSA) is 75.7 Å². The fourth-order valence-corrected chi connectivity index (χ4v) is 5.14. The lowest BCUT2D eigenvalue weighted by atomic mass is 10.1. The Hall–Kier alpha value is -3.16. The van der Waals surface area contributed by atoms with Crippen molar-refractivity contribution >= 4 is 53.1 Å². The molecule has 0 aromatic carbocycles. The molecule has 200 valence electrons. The minimum atomic E-state index is -0.426. The highest BCUT2D eigenvalue weighted by atomic mass is 35.5. The molecule has 2 N–H and O–H groups in total. The quantitative estimate of drug-likeness (QED) is 0.267. The van der Waals surface area contributed by atoms with Crippen molar-refractivity contribution in [3.63, 3.8) is 0 Å². The zero-order valence-corrected chi connectivity index (χ0v) is 23.3. The van der Waals surface area contributed by atoms with Gasteiger partial charge in [-0.05, 0) is 50.5 Å². The minimum absolute atomic E-state index is 0.368. The van der Waals surface area contributed by atoms with E-state index in [2.05, 4.69) is 39.3 Å². The number of hydrogen-bond donors (Lipinski definition) is 2. The highest BCUT2D eigenvalue weighted by Gasteiger charge is 2.17. The smallest absolute Gasteiger partial charge is 0.134 e. The summed E-state index contributed by atoms with van der Waals surface area (Å²) in [5.41, 5.74) is 1.51. The Morgan fingerprint density at radius 1 is 1.13 bits per heavy atom. The summed E-state index contributed by atoms with van der Waals surface area (Å²) in [7, 11) is 0. The summed E-state index contributed by atoms with van der Waals surface area (Å²) in [4.78, 5) is 8.43. The van der Waals surface area contributed by atoms with Gasteiger partial charge in [-0.1, -0.05) is 56.0 Å². The van der Waals surface area contributed by atoms with Crippen molar-refractivity contribution in [2.24, 2.45) is 0 Å². The van der Waals surface area contributed by atoms with E-state index in [-0.39, 0.29) is 0 Å². The second kappa shape index (κ2) is 13.1. The van der Waals surface area contributed by atoms with E-state index < -0.39 is 11.9 Å². The first-order chi connectivity index (χ1) is 18.4. The summed E-state index contributed by atoms with van der Waals surface area (Å²) >= 11 is 12.6. The molecule has 0 amide bonds. The Morgan fingerprint density at radius 3 is 2.53 bits per heavy atom. The summed E-state index contributed by atoms with van der Waals surface area (Å²) in [6, 6.07) is 3.92. The molecule has 0 saturated heterocycles. The van der Waals surface area contributed by atoms with Gasteiger partial charge in [-0.2, -0.15) is 5.10 Å². The average molecular weight is 557 g/mol. The molecule has 3 aromatic rings. The molecule has 0 aliphatic heterocycles. The zero-order valence-electron chi connectivity index (χ0n) is 21.8. The number of hydrogen-bond acceptors (Lipinski definition) is 5. The fourth-order valence-electron chi connectivity index (χ4n) is 4.46. The van der Waals surface area contributed by atoms with Crippen molar-refractivity contribution in [1.82, 2.24) is 20.2 Å². The van der Waals surface area contributed by atoms with Crippen LogP contribution >= 0.6 is 23.2 Å². The molecule has 1 atom stereocenters. The lowest BCUT2D eigenvalue weighted by Gasteiger charge is -2.18. The number of ether oxygens (including phenoxy) is 1. The SMILES string of the molecule is CCCC(CCC)Nc1ccc(/C(F)=C/c2n[nH]c3c2=CC(O[C@H](C)c2c(Cl)cncc2Cl)=CCC=3)cn1. The summed E-state index contributed by atoms with van der Waals surface area (Å²) < 4.78 is 21.4. The van der Waals surface area contributed by atoms with Crippen LogP contribution in [0.3, 0.4) is 0 Å². The van der Waals surface area contributed by atoms with Gasteiger partial charge in [-0.3, -0.25) is 10.1 Å². The number of aromatic nitrogens is 4. The third-order valence-corrected chi connectivity index (χ3v) is 6.93. The summed E-state index contributed by atoms with van der Waals surface area (Å²) in [5.74, 6) is 0.934. The van der Waals surface area contributed by atoms with Gasteiger partial charge in [0, 0.05) is 47.1 Å². The van der Waals surface area contributed by atoms with Crippen molar-refractivity contribution in [1.29, 1.82) is 0 Å². The van der Waals surface area contributed by atoms with Gasteiger partial charge in [0.05, 0.1) is 21.1 Å². The number of fused-ring (bicyclic) bond motifs is 1. The first kappa shape index (κ1) is 27.9. The molecule has 1 aliphatic rings. The summed E-state index contributed by atoms with van der Waals surface area (Å²) in [5, 5.41) is 13.2. The van der Waals surface area contributed by atoms with E-state index >= 15 is 4.39 Å². The Bertz CT molecular complexity index is 1410. The predicted octanol–water partition coefficient (Wildman–Crippen LogP) is 6.98. The summed E-state index contributed by atoms with van der Waals surface area (Å²) in [6.07, 6.45) is 16.3. The van der Waals surface area contributed by atoms with E-state index in [4.69, 9.17) is 27.9 Å². The first-order valence-electron chi connectivity index (χ1n) is 12.9. The molecule has 0 bridgehead atoms. The van der Waals surface area contributed by atoms with Crippen LogP contribution < -0.4 is 15.9 Å². The molecule has 38 heavy (non-hydrogen) atoms. The van der Waals surface area contributed by atoms with Crippen LogP contribution in [0.15, 0.2) is 42.6 Å². The van der Waals surface area contributed by atoms with Crippen molar-refractivity contribution in [3.8, 4) is 0 Å². The van der Waals surface area contributed by atoms with Gasteiger partial charge in [0.1, 0.15) is 23.5 Å². The number of pyridine rings is 2. The number of H-pyrrole nitrogens is 1. The highest BCUT2D eigenvalue weighted by molar-refractivity contribution is 6.35. The number of aromatic amines is 1. The number of nitrogens with one attached hydrogen (secondary N) is 2. The minimum Gasteiger partial charge on any atom is -0.486 e. The molecule has 9 heteroatoms. The van der Waals surface area contributed by atoms with Gasteiger partial charge in [0.25, 0.3) is 0 Å². The molecular formula is C29H32Cl2FN5O. The van der Waals surface area contributed by atoms with Gasteiger partial charge in [0.15, 0.2) is 0 Å². The van der Waals surface area contributed by atoms with Crippen molar-refractivity contribution in [3.05, 3.63) is 80.0 Å². The van der Waals surface area contributed by atoms with Crippen LogP contribution in [0, 0.1) is 0 Å². The van der Waals surface area contributed by atoms with Crippen molar-refractivity contribution in [2.75, 3.05) is 5.32 Å². The number of allylic oxidation sites excluding steroid dienone is 2. The van der Waals surface area contributed by atoms with Crippen LogP contribution in [0.4, 0.5) is 10.2 Å². The van der Waals surface area contributed by atoms with E-state index in [9.17, 15) is 0 Å². The average Bonchev–Trinajstić information content (AvgIpc) is 3.13. The number of nitrogens with zero attached hydrogens (tertiary/aromatic N) is 3. The maximum absolute atomic E-state index is 15.3. The van der Waals surface area contributed by atoms with Gasteiger partial charge in [0.2, 0.25) is 0 Å². The second-order valence-corrected chi connectivity index (χ2v) is 10.1. The standard InChI is InChI=1S/C29H32Cl2FN5O/c1-4-7-20(8-5-2)35-28-12-11-19(15-34-28)25(32)14-27-22-13-21(9-6-10-26(22)36-37-27)38-18(3)29-23(30)16-33-17-24(29)31/h9-18,20,36H,4-8H2,1-3H3,(H,34,35)/b25-14-/t18-/m1/s1. The molecule has 0 spiro atoms. The largest absolute Gasteiger partial charge is 0.486 e. The van der Waals surface area contributed by atoms with Gasteiger partial charge in [-0.15, -0.1) is 0 Å². The van der Waals surface area contributed by atoms with E-state index in [1.165, 1.54) is 18.5 Å². The van der Waals surface area contributed by atoms with E-state index in [1.807, 2.05) is 31.2 Å². The predicted molar refractivity (Wildman–Crippen MR) is 154 cm³/mol. The van der Waals surface area contributed by atoms with Crippen LogP contribution in [0.1, 0.15) is 75.8 Å². The van der Waals surface area contributed by atoms with Crippen LogP contribution in [0.2, 0.25) is 10.0 Å². The Labute approximate surface area is 232 Å². The second-order valence-electron chi connectivity index (χ2n) is 9.25. The first-order valence-corrected chi connectivity index (χ1v) is 13.7. The molecule has 4 rings (SSSR count). The van der Waals surface area contributed by atoms with Crippen molar-refractivity contribution < 1.29 is 9.13 Å². The molecule has 0 fully saturated rings. The van der Waals surface area contributed by atoms with Crippen LogP contribution in [-0.2, 0) is 4.74 Å². The third-order valence-electron chi connectivity index (χ3n) is 6.33. The van der Waals surface area contributed by atoms with E-state index in [1.54, 1.807) is 12.3 Å². The van der Waals surface area contributed by atoms with E-state index in [0.717, 1.165) is 42.1 Å². The monoisotopic (exact) mass is 555 g/mol. The Kier molecular flexibility index (Phi) is 9.58. The normalized spacial score (nSPS) is 14.2. The van der Waals surface area contributed by atoms with Crippen LogP contribution in [0.5, 0.6) is 0 Å². The van der Waals surface area contributed by atoms with Gasteiger partial charge >= 0.3 is 0 Å². The lowest BCUT2D eigenvalue weighted by Crippen LogP contribution is -2.23. The van der Waals surface area contributed by atoms with Crippen LogP contribution in [-0.4, -0.2) is 26.2 Å².